The lowest BCUT2D eigenvalue weighted by Crippen LogP contribution is -2.60. The molecule has 5 aromatic rings. The van der Waals surface area contributed by atoms with E-state index in [-0.39, 0.29) is 32.4 Å². The van der Waals surface area contributed by atoms with E-state index in [2.05, 4.69) is 36.9 Å². The van der Waals surface area contributed by atoms with Crippen molar-refractivity contribution in [2.24, 2.45) is 23.1 Å². The van der Waals surface area contributed by atoms with Crippen LogP contribution in [0.5, 0.6) is 0 Å². The fourth-order valence-corrected chi connectivity index (χ4v) is 11.2. The number of benzene rings is 1. The van der Waals surface area contributed by atoms with Crippen molar-refractivity contribution in [1.82, 2.24) is 46.5 Å². The Morgan fingerprint density at radius 1 is 0.855 bits per heavy atom. The summed E-state index contributed by atoms with van der Waals surface area (Å²) in [4.78, 5) is 114. The fourth-order valence-electron chi connectivity index (χ4n) is 8.41. The predicted molar refractivity (Wildman–Crippen MR) is 261 cm³/mol. The van der Waals surface area contributed by atoms with Gasteiger partial charge in [0.15, 0.2) is 0 Å². The highest BCUT2D eigenvalue weighted by Gasteiger charge is 2.45. The van der Waals surface area contributed by atoms with Gasteiger partial charge in [-0.3, -0.25) is 38.4 Å². The second-order valence-corrected chi connectivity index (χ2v) is 20.3. The van der Waals surface area contributed by atoms with Crippen molar-refractivity contribution in [2.45, 2.75) is 108 Å². The monoisotopic (exact) mass is 1000 g/mol. The largest absolute Gasteiger partial charge is 0.370 e. The molecule has 11 N–H and O–H groups in total. The minimum absolute atomic E-state index is 0.0184. The van der Waals surface area contributed by atoms with E-state index in [0.717, 1.165) is 30.3 Å². The second kappa shape index (κ2) is 22.7. The molecule has 2 saturated heterocycles. The number of nitrogens with zero attached hydrogens (tertiary/aromatic N) is 4. The highest BCUT2D eigenvalue weighted by Crippen LogP contribution is 2.37. The lowest BCUT2D eigenvalue weighted by molar-refractivity contribution is -0.143. The van der Waals surface area contributed by atoms with Crippen molar-refractivity contribution in [3.8, 4) is 20.3 Å². The molecule has 2 aliphatic rings. The molecule has 1 unspecified atom stereocenters. The first-order valence-corrected chi connectivity index (χ1v) is 25.3. The summed E-state index contributed by atoms with van der Waals surface area (Å²) < 4.78 is 2.56. The predicted octanol–water partition coefficient (Wildman–Crippen LogP) is 1.70. The molecule has 0 saturated carbocycles. The molecule has 8 atom stereocenters. The van der Waals surface area contributed by atoms with E-state index in [1.165, 1.54) is 16.2 Å². The second-order valence-electron chi connectivity index (χ2n) is 17.4. The molecular formula is C46H56N12O8S3. The standard InChI is InChI=1S/C46H56N12O8S3/c1-3-24(2)40-46(66)57-21-26(58-22-32(55-56-58)35-13-14-37(69-35)36-12-8-16-67-36)18-33(57)45(65)53-30(17-25-23-68-34-11-5-4-9-27(25)34)43(63)51-29(41(49)61)10-6-7-15-50-39(60)19-28(47)42(62)52-31(20-38(48)59)44(64)54-40/h4-5,8-9,11-14,16,22-24,26,28-31,33,40H,3,6-7,10,15,17-21,47H2,1-2H3,(H2,48,59)(H2,49,61)(H,50,60)(H,51,63)(H,52,62)(H,53,65)(H,54,64)/t24?,26-,28-,29-,30-,31-,33-,40-/m0/s1. The van der Waals surface area contributed by atoms with Gasteiger partial charge in [0.2, 0.25) is 47.3 Å². The van der Waals surface area contributed by atoms with E-state index in [1.54, 1.807) is 47.4 Å². The Bertz CT molecular complexity index is 2680. The maximum absolute atomic E-state index is 15.1. The van der Waals surface area contributed by atoms with E-state index < -0.39 is 108 Å². The Balaban J connectivity index is 1.25. The number of nitrogens with one attached hydrogen (secondary N) is 5. The van der Waals surface area contributed by atoms with Gasteiger partial charge in [0, 0.05) is 40.4 Å². The van der Waals surface area contributed by atoms with Gasteiger partial charge in [-0.05, 0) is 71.2 Å². The zero-order valence-corrected chi connectivity index (χ0v) is 40.5. The molecule has 69 heavy (non-hydrogen) atoms. The molecule has 4 aromatic heterocycles. The number of carbonyl (C=O) groups is 8. The summed E-state index contributed by atoms with van der Waals surface area (Å²) in [5.74, 6) is -6.74. The smallest absolute Gasteiger partial charge is 0.246 e. The molecule has 6 heterocycles. The summed E-state index contributed by atoms with van der Waals surface area (Å²) >= 11 is 4.63. The molecule has 20 nitrogen and oxygen atoms in total. The van der Waals surface area contributed by atoms with Gasteiger partial charge >= 0.3 is 0 Å². The van der Waals surface area contributed by atoms with Gasteiger partial charge in [-0.25, -0.2) is 4.68 Å². The van der Waals surface area contributed by atoms with Crippen molar-refractivity contribution in [1.29, 1.82) is 0 Å². The normalized spacial score (nSPS) is 24.4. The Kier molecular flexibility index (Phi) is 16.6. The Labute approximate surface area is 409 Å². The summed E-state index contributed by atoms with van der Waals surface area (Å²) in [7, 11) is 0. The summed E-state index contributed by atoms with van der Waals surface area (Å²) in [5, 5.41) is 27.1. The van der Waals surface area contributed by atoms with E-state index in [4.69, 9.17) is 17.2 Å². The number of amides is 8. The van der Waals surface area contributed by atoms with Crippen LogP contribution in [0.3, 0.4) is 0 Å². The number of carbonyl (C=O) groups excluding carboxylic acids is 8. The number of nitrogens with two attached hydrogens (primary N) is 3. The summed E-state index contributed by atoms with van der Waals surface area (Å²) in [5.41, 5.74) is 18.7. The Morgan fingerprint density at radius 3 is 2.35 bits per heavy atom. The number of thiophene rings is 3. The molecule has 23 heteroatoms. The van der Waals surface area contributed by atoms with Crippen LogP contribution in [0.15, 0.2) is 65.5 Å². The summed E-state index contributed by atoms with van der Waals surface area (Å²) in [6, 6.07) is 7.04. The number of rotatable bonds is 10. The van der Waals surface area contributed by atoms with Crippen molar-refractivity contribution in [3.63, 3.8) is 0 Å². The third kappa shape index (κ3) is 12.4. The molecule has 0 radical (unpaired) electrons. The zero-order valence-electron chi connectivity index (χ0n) is 38.1. The van der Waals surface area contributed by atoms with Gasteiger partial charge in [0.05, 0.1) is 36.0 Å². The van der Waals surface area contributed by atoms with Crippen molar-refractivity contribution < 1.29 is 38.4 Å². The average molecular weight is 1000 g/mol. The highest BCUT2D eigenvalue weighted by atomic mass is 32.1. The first-order chi connectivity index (χ1) is 33.1. The number of hydrogen-bond acceptors (Lipinski definition) is 14. The average Bonchev–Trinajstić information content (AvgIpc) is 4.19. The van der Waals surface area contributed by atoms with Crippen LogP contribution >= 0.6 is 34.0 Å². The molecule has 1 aromatic carbocycles. The third-order valence-corrected chi connectivity index (χ3v) is 15.6. The van der Waals surface area contributed by atoms with Crippen LogP contribution in [0.1, 0.15) is 70.4 Å². The molecule has 0 aliphatic carbocycles. The minimum atomic E-state index is -1.58. The number of primary amides is 2. The van der Waals surface area contributed by atoms with Gasteiger partial charge in [0.25, 0.3) is 0 Å². The van der Waals surface area contributed by atoms with Crippen LogP contribution in [0, 0.1) is 5.92 Å². The van der Waals surface area contributed by atoms with Crippen LogP contribution < -0.4 is 43.8 Å². The van der Waals surface area contributed by atoms with Crippen LogP contribution in [0.25, 0.3) is 30.4 Å². The van der Waals surface area contributed by atoms with Crippen LogP contribution in [0.2, 0.25) is 0 Å². The van der Waals surface area contributed by atoms with Crippen LogP contribution in [0.4, 0.5) is 0 Å². The molecule has 366 valence electrons. The maximum Gasteiger partial charge on any atom is 0.246 e. The highest BCUT2D eigenvalue weighted by molar-refractivity contribution is 7.23. The van der Waals surface area contributed by atoms with E-state index >= 15 is 4.79 Å². The first-order valence-electron chi connectivity index (χ1n) is 22.7. The zero-order chi connectivity index (χ0) is 49.4. The van der Waals surface area contributed by atoms with Crippen LogP contribution in [-0.2, 0) is 44.8 Å². The molecule has 0 spiro atoms. The Morgan fingerprint density at radius 2 is 1.61 bits per heavy atom. The first kappa shape index (κ1) is 50.3. The molecule has 8 amide bonds. The number of hydrogen-bond donors (Lipinski definition) is 8. The topological polar surface area (TPSA) is 309 Å². The molecule has 2 aliphatic heterocycles. The van der Waals surface area contributed by atoms with Crippen molar-refractivity contribution >= 4 is 91.4 Å². The fraction of sp³-hybridized carbons (Fsp3) is 0.435. The maximum atomic E-state index is 15.1. The van der Waals surface area contributed by atoms with Gasteiger partial charge in [-0.2, -0.15) is 0 Å². The molecule has 2 fully saturated rings. The van der Waals surface area contributed by atoms with Gasteiger partial charge in [-0.15, -0.1) is 39.1 Å². The number of fused-ring (bicyclic) bond motifs is 2. The summed E-state index contributed by atoms with van der Waals surface area (Å²) in [6.45, 7) is 3.60. The Hall–Kier alpha value is -6.56. The van der Waals surface area contributed by atoms with Crippen LogP contribution in [-0.4, -0.2) is 116 Å². The van der Waals surface area contributed by atoms with E-state index in [9.17, 15) is 33.6 Å². The lowest BCUT2D eigenvalue weighted by atomic mass is 9.96. The van der Waals surface area contributed by atoms with E-state index in [1.807, 2.05) is 59.3 Å². The van der Waals surface area contributed by atoms with Gasteiger partial charge < -0.3 is 48.7 Å². The minimum Gasteiger partial charge on any atom is -0.370 e. The van der Waals surface area contributed by atoms with Gasteiger partial charge in [0.1, 0.15) is 35.9 Å². The van der Waals surface area contributed by atoms with Crippen molar-refractivity contribution in [2.75, 3.05) is 13.1 Å². The molecular weight excluding hydrogens is 945 g/mol. The number of aromatic nitrogens is 3. The quantitative estimate of drug-likeness (QED) is 0.0996. The lowest BCUT2D eigenvalue weighted by Gasteiger charge is -2.33. The van der Waals surface area contributed by atoms with E-state index in [0.29, 0.717) is 25.0 Å². The SMILES string of the molecule is CCC(C)[C@@H]1NC(=O)[C@H](CC(N)=O)NC(=O)[C@@H](N)CC(=O)NCCCC[C@@H](C(N)=O)NC(=O)[C@H](Cc2csc3ccccc23)NC(=O)[C@@H]2C[C@H](n3cc(-c4ccc(-c5cccs5)s4)nn3)CN2C1=O. The summed E-state index contributed by atoms with van der Waals surface area (Å²) in [6.07, 6.45) is 1.83. The third-order valence-electron chi connectivity index (χ3n) is 12.4. The molecule has 0 bridgehead atoms. The van der Waals surface area contributed by atoms with Crippen molar-refractivity contribution in [3.05, 3.63) is 71.1 Å². The van der Waals surface area contributed by atoms with Gasteiger partial charge in [-0.1, -0.05) is 49.7 Å². The molecule has 7 rings (SSSR count).